The van der Waals surface area contributed by atoms with Gasteiger partial charge in [-0.1, -0.05) is 0 Å². The highest BCUT2D eigenvalue weighted by Crippen LogP contribution is 2.11. The molecule has 2 aromatic heterocycles. The van der Waals surface area contributed by atoms with Crippen LogP contribution >= 0.6 is 22.6 Å². The molecular weight excluding hydrogens is 299 g/mol. The molecule has 0 fully saturated rings. The SMILES string of the molecule is Nc1nc2c(I)c[nH]c(=O)c2c(=O)[nH]1. The van der Waals surface area contributed by atoms with E-state index in [4.69, 9.17) is 5.73 Å². The summed E-state index contributed by atoms with van der Waals surface area (Å²) in [5.74, 6) is 0.00557. The Labute approximate surface area is 90.7 Å². The van der Waals surface area contributed by atoms with Crippen LogP contribution in [0.4, 0.5) is 5.95 Å². The highest BCUT2D eigenvalue weighted by molar-refractivity contribution is 14.1. The van der Waals surface area contributed by atoms with Crippen LogP contribution in [0.3, 0.4) is 0 Å². The summed E-state index contributed by atoms with van der Waals surface area (Å²) in [6, 6.07) is 0. The summed E-state index contributed by atoms with van der Waals surface area (Å²) in [5, 5.41) is 0.00565. The van der Waals surface area contributed by atoms with Crippen molar-refractivity contribution in [2.45, 2.75) is 0 Å². The first kappa shape index (κ1) is 9.19. The summed E-state index contributed by atoms with van der Waals surface area (Å²) >= 11 is 1.97. The van der Waals surface area contributed by atoms with E-state index in [1.165, 1.54) is 6.20 Å². The third kappa shape index (κ3) is 1.29. The van der Waals surface area contributed by atoms with Crippen LogP contribution in [0, 0.1) is 3.57 Å². The summed E-state index contributed by atoms with van der Waals surface area (Å²) in [4.78, 5) is 31.3. The number of nitrogens with zero attached hydrogens (tertiary/aromatic N) is 1. The van der Waals surface area contributed by atoms with Crippen molar-refractivity contribution in [1.29, 1.82) is 0 Å². The Balaban J connectivity index is 3.16. The summed E-state index contributed by atoms with van der Waals surface area (Å²) in [7, 11) is 0. The Morgan fingerprint density at radius 2 is 2.07 bits per heavy atom. The van der Waals surface area contributed by atoms with Gasteiger partial charge < -0.3 is 10.7 Å². The monoisotopic (exact) mass is 304 g/mol. The van der Waals surface area contributed by atoms with Gasteiger partial charge in [-0.2, -0.15) is 0 Å². The van der Waals surface area contributed by atoms with Crippen LogP contribution in [0.2, 0.25) is 0 Å². The number of aromatic nitrogens is 3. The first-order valence-corrected chi connectivity index (χ1v) is 4.74. The number of fused-ring (bicyclic) bond motifs is 1. The van der Waals surface area contributed by atoms with Gasteiger partial charge in [-0.05, 0) is 22.6 Å². The molecule has 0 aliphatic heterocycles. The fourth-order valence-electron chi connectivity index (χ4n) is 1.14. The van der Waals surface area contributed by atoms with Gasteiger partial charge in [-0.3, -0.25) is 14.6 Å². The van der Waals surface area contributed by atoms with Crippen LogP contribution in [-0.4, -0.2) is 15.0 Å². The minimum absolute atomic E-state index is 0.00557. The Hall–Kier alpha value is -1.38. The number of hydrogen-bond acceptors (Lipinski definition) is 4. The van der Waals surface area contributed by atoms with E-state index in [0.29, 0.717) is 9.09 Å². The standard InChI is InChI=1S/C7H5IN4O2/c8-2-1-10-5(13)3-4(2)11-7(9)12-6(3)14/h1H,(H,10,13)(H3,9,11,12,14). The quantitative estimate of drug-likeness (QED) is 0.586. The lowest BCUT2D eigenvalue weighted by molar-refractivity contribution is 1.15. The molecule has 72 valence electrons. The maximum absolute atomic E-state index is 11.4. The van der Waals surface area contributed by atoms with Crippen molar-refractivity contribution in [3.63, 3.8) is 0 Å². The Morgan fingerprint density at radius 3 is 2.79 bits per heavy atom. The van der Waals surface area contributed by atoms with Crippen LogP contribution in [0.5, 0.6) is 0 Å². The summed E-state index contributed by atoms with van der Waals surface area (Å²) in [6.45, 7) is 0. The molecule has 0 spiro atoms. The predicted octanol–water partition coefficient (Wildman–Crippen LogP) is -0.202. The molecule has 4 N–H and O–H groups in total. The molecule has 0 unspecified atom stereocenters. The van der Waals surface area contributed by atoms with Gasteiger partial charge in [-0.25, -0.2) is 4.98 Å². The molecule has 0 saturated heterocycles. The van der Waals surface area contributed by atoms with Gasteiger partial charge in [0.2, 0.25) is 5.95 Å². The highest BCUT2D eigenvalue weighted by atomic mass is 127. The summed E-state index contributed by atoms with van der Waals surface area (Å²) < 4.78 is 0.676. The average molecular weight is 304 g/mol. The molecular formula is C7H5IN4O2. The van der Waals surface area contributed by atoms with Crippen molar-refractivity contribution in [2.24, 2.45) is 0 Å². The largest absolute Gasteiger partial charge is 0.369 e. The molecule has 14 heavy (non-hydrogen) atoms. The van der Waals surface area contributed by atoms with Gasteiger partial charge in [0.05, 0.1) is 3.57 Å². The number of aromatic amines is 2. The first-order valence-electron chi connectivity index (χ1n) is 3.66. The van der Waals surface area contributed by atoms with E-state index in [2.05, 4.69) is 15.0 Å². The predicted molar refractivity (Wildman–Crippen MR) is 60.1 cm³/mol. The maximum Gasteiger partial charge on any atom is 0.265 e. The normalized spacial score (nSPS) is 10.6. The summed E-state index contributed by atoms with van der Waals surface area (Å²) in [5.41, 5.74) is 4.71. The topological polar surface area (TPSA) is 105 Å². The minimum Gasteiger partial charge on any atom is -0.369 e. The maximum atomic E-state index is 11.4. The van der Waals surface area contributed by atoms with E-state index < -0.39 is 11.1 Å². The zero-order chi connectivity index (χ0) is 10.3. The lowest BCUT2D eigenvalue weighted by atomic mass is 10.3. The number of pyridine rings is 1. The number of halogens is 1. The van der Waals surface area contributed by atoms with Crippen molar-refractivity contribution in [1.82, 2.24) is 15.0 Å². The molecule has 0 amide bonds. The second kappa shape index (κ2) is 3.08. The number of hydrogen-bond donors (Lipinski definition) is 3. The van der Waals surface area contributed by atoms with Crippen molar-refractivity contribution in [3.05, 3.63) is 30.5 Å². The molecule has 2 heterocycles. The number of nitrogens with one attached hydrogen (secondary N) is 2. The molecule has 0 aromatic carbocycles. The molecule has 0 atom stereocenters. The van der Waals surface area contributed by atoms with Crippen molar-refractivity contribution < 1.29 is 0 Å². The second-order valence-electron chi connectivity index (χ2n) is 2.64. The van der Waals surface area contributed by atoms with Crippen LogP contribution in [0.1, 0.15) is 0 Å². The zero-order valence-corrected chi connectivity index (χ0v) is 8.95. The molecule has 2 rings (SSSR count). The van der Waals surface area contributed by atoms with Gasteiger partial charge in [0.25, 0.3) is 11.1 Å². The van der Waals surface area contributed by atoms with E-state index in [0.717, 1.165) is 0 Å². The van der Waals surface area contributed by atoms with E-state index in [9.17, 15) is 9.59 Å². The Bertz CT molecular complexity index is 615. The van der Waals surface area contributed by atoms with Crippen LogP contribution in [0.15, 0.2) is 15.8 Å². The Morgan fingerprint density at radius 1 is 1.36 bits per heavy atom. The molecule has 0 bridgehead atoms. The molecule has 2 aromatic rings. The number of anilines is 1. The lowest BCUT2D eigenvalue weighted by Gasteiger charge is -1.98. The first-order chi connectivity index (χ1) is 6.59. The third-order valence-electron chi connectivity index (χ3n) is 1.72. The second-order valence-corrected chi connectivity index (χ2v) is 3.80. The van der Waals surface area contributed by atoms with E-state index in [-0.39, 0.29) is 11.3 Å². The van der Waals surface area contributed by atoms with E-state index in [1.807, 2.05) is 22.6 Å². The van der Waals surface area contributed by atoms with Crippen molar-refractivity contribution >= 4 is 39.4 Å². The third-order valence-corrected chi connectivity index (χ3v) is 2.54. The van der Waals surface area contributed by atoms with Crippen LogP contribution < -0.4 is 16.9 Å². The smallest absolute Gasteiger partial charge is 0.265 e. The van der Waals surface area contributed by atoms with Crippen molar-refractivity contribution in [2.75, 3.05) is 5.73 Å². The van der Waals surface area contributed by atoms with Gasteiger partial charge in [0.15, 0.2) is 0 Å². The van der Waals surface area contributed by atoms with Crippen molar-refractivity contribution in [3.8, 4) is 0 Å². The van der Waals surface area contributed by atoms with Crippen LogP contribution in [0.25, 0.3) is 10.9 Å². The molecule has 0 aliphatic carbocycles. The molecule has 0 aliphatic rings. The molecule has 0 radical (unpaired) electrons. The van der Waals surface area contributed by atoms with E-state index in [1.54, 1.807) is 0 Å². The molecule has 7 heteroatoms. The fraction of sp³-hybridized carbons (Fsp3) is 0. The van der Waals surface area contributed by atoms with Gasteiger partial charge >= 0.3 is 0 Å². The van der Waals surface area contributed by atoms with Gasteiger partial charge in [0, 0.05) is 6.20 Å². The average Bonchev–Trinajstić information content (AvgIpc) is 2.10. The minimum atomic E-state index is -0.521. The number of H-pyrrole nitrogens is 2. The lowest BCUT2D eigenvalue weighted by Crippen LogP contribution is -2.20. The summed E-state index contributed by atoms with van der Waals surface area (Å²) in [6.07, 6.45) is 1.48. The fourth-order valence-corrected chi connectivity index (χ4v) is 1.69. The Kier molecular flexibility index (Phi) is 2.02. The number of nitrogens with two attached hydrogens (primary N) is 1. The molecule has 0 saturated carbocycles. The van der Waals surface area contributed by atoms with Gasteiger partial charge in [0.1, 0.15) is 10.9 Å². The molecule has 6 nitrogen and oxygen atoms in total. The number of rotatable bonds is 0. The van der Waals surface area contributed by atoms with Gasteiger partial charge in [-0.15, -0.1) is 0 Å². The highest BCUT2D eigenvalue weighted by Gasteiger charge is 2.08. The van der Waals surface area contributed by atoms with E-state index >= 15 is 0 Å². The van der Waals surface area contributed by atoms with Crippen LogP contribution in [-0.2, 0) is 0 Å². The zero-order valence-electron chi connectivity index (χ0n) is 6.80. The number of nitrogen functional groups attached to an aromatic ring is 1.